The Kier molecular flexibility index (Phi) is 4.04. The van der Waals surface area contributed by atoms with Crippen LogP contribution in [-0.4, -0.2) is 16.9 Å². The average molecular weight is 263 g/mol. The number of rotatable bonds is 5. The van der Waals surface area contributed by atoms with Gasteiger partial charge in [-0.25, -0.2) is 4.39 Å². The predicted molar refractivity (Wildman–Crippen MR) is 72.9 cm³/mol. The van der Waals surface area contributed by atoms with Gasteiger partial charge in [0, 0.05) is 18.3 Å². The van der Waals surface area contributed by atoms with Crippen LogP contribution >= 0.6 is 0 Å². The smallest absolute Gasteiger partial charge is 0.165 e. The summed E-state index contributed by atoms with van der Waals surface area (Å²) in [4.78, 5) is 0. The molecule has 0 spiro atoms. The van der Waals surface area contributed by atoms with E-state index in [1.165, 1.54) is 13.2 Å². The Morgan fingerprint density at radius 1 is 1.37 bits per heavy atom. The lowest BCUT2D eigenvalue weighted by molar-refractivity contribution is 0.387. The standard InChI is InChI=1S/C14H18FN3O/c1-4-18-12(7-10(2)17-18)9-16-11-5-6-13(15)14(8-11)19-3/h5-8,16H,4,9H2,1-3H3. The zero-order valence-corrected chi connectivity index (χ0v) is 11.4. The van der Waals surface area contributed by atoms with Crippen LogP contribution in [0.3, 0.4) is 0 Å². The molecule has 0 aliphatic heterocycles. The van der Waals surface area contributed by atoms with E-state index in [-0.39, 0.29) is 11.6 Å². The lowest BCUT2D eigenvalue weighted by atomic mass is 10.2. The minimum Gasteiger partial charge on any atom is -0.494 e. The quantitative estimate of drug-likeness (QED) is 0.901. The number of hydrogen-bond acceptors (Lipinski definition) is 3. The minimum absolute atomic E-state index is 0.241. The van der Waals surface area contributed by atoms with Gasteiger partial charge >= 0.3 is 0 Å². The molecule has 102 valence electrons. The summed E-state index contributed by atoms with van der Waals surface area (Å²) in [5.74, 6) is -0.118. The van der Waals surface area contributed by atoms with Gasteiger partial charge in [0.05, 0.1) is 25.0 Å². The van der Waals surface area contributed by atoms with Gasteiger partial charge in [-0.15, -0.1) is 0 Å². The van der Waals surface area contributed by atoms with E-state index >= 15 is 0 Å². The summed E-state index contributed by atoms with van der Waals surface area (Å²) in [5.41, 5.74) is 2.92. The Morgan fingerprint density at radius 2 is 2.16 bits per heavy atom. The van der Waals surface area contributed by atoms with Gasteiger partial charge in [0.2, 0.25) is 0 Å². The number of hydrogen-bond donors (Lipinski definition) is 1. The van der Waals surface area contributed by atoms with Crippen molar-refractivity contribution in [3.63, 3.8) is 0 Å². The highest BCUT2D eigenvalue weighted by molar-refractivity contribution is 5.49. The van der Waals surface area contributed by atoms with Gasteiger partial charge < -0.3 is 10.1 Å². The van der Waals surface area contributed by atoms with Gasteiger partial charge in [-0.3, -0.25) is 4.68 Å². The zero-order valence-electron chi connectivity index (χ0n) is 11.4. The van der Waals surface area contributed by atoms with E-state index in [1.54, 1.807) is 12.1 Å². The van der Waals surface area contributed by atoms with Gasteiger partial charge in [-0.05, 0) is 32.0 Å². The maximum absolute atomic E-state index is 13.3. The molecule has 0 aliphatic rings. The van der Waals surface area contributed by atoms with Crippen molar-refractivity contribution in [3.8, 4) is 5.75 Å². The Balaban J connectivity index is 2.09. The molecule has 0 atom stereocenters. The molecule has 1 aromatic heterocycles. The van der Waals surface area contributed by atoms with Crippen LogP contribution in [0.2, 0.25) is 0 Å². The maximum atomic E-state index is 13.3. The van der Waals surface area contributed by atoms with Crippen LogP contribution in [0.5, 0.6) is 5.75 Å². The van der Waals surface area contributed by atoms with E-state index in [2.05, 4.69) is 17.3 Å². The molecule has 4 nitrogen and oxygen atoms in total. The van der Waals surface area contributed by atoms with E-state index in [0.717, 1.165) is 23.6 Å². The molecule has 19 heavy (non-hydrogen) atoms. The number of nitrogens with one attached hydrogen (secondary N) is 1. The van der Waals surface area contributed by atoms with Crippen molar-refractivity contribution in [2.75, 3.05) is 12.4 Å². The van der Waals surface area contributed by atoms with E-state index in [4.69, 9.17) is 4.74 Å². The van der Waals surface area contributed by atoms with Crippen molar-refractivity contribution in [1.29, 1.82) is 0 Å². The highest BCUT2D eigenvalue weighted by Crippen LogP contribution is 2.21. The highest BCUT2D eigenvalue weighted by Gasteiger charge is 2.06. The second kappa shape index (κ2) is 5.73. The van der Waals surface area contributed by atoms with Crippen LogP contribution in [-0.2, 0) is 13.1 Å². The lowest BCUT2D eigenvalue weighted by Gasteiger charge is -2.09. The summed E-state index contributed by atoms with van der Waals surface area (Å²) in [7, 11) is 1.46. The molecule has 1 N–H and O–H groups in total. The van der Waals surface area contributed by atoms with Gasteiger partial charge in [-0.1, -0.05) is 0 Å². The number of aromatic nitrogens is 2. The fourth-order valence-corrected chi connectivity index (χ4v) is 1.98. The fraction of sp³-hybridized carbons (Fsp3) is 0.357. The molecule has 0 aliphatic carbocycles. The topological polar surface area (TPSA) is 39.1 Å². The minimum atomic E-state index is -0.359. The monoisotopic (exact) mass is 263 g/mol. The molecule has 0 amide bonds. The summed E-state index contributed by atoms with van der Waals surface area (Å²) < 4.78 is 20.2. The fourth-order valence-electron chi connectivity index (χ4n) is 1.98. The molecule has 2 aromatic rings. The third-order valence-electron chi connectivity index (χ3n) is 2.91. The zero-order chi connectivity index (χ0) is 13.8. The Morgan fingerprint density at radius 3 is 2.84 bits per heavy atom. The van der Waals surface area contributed by atoms with Gasteiger partial charge in [0.15, 0.2) is 11.6 Å². The summed E-state index contributed by atoms with van der Waals surface area (Å²) in [6, 6.07) is 6.77. The van der Waals surface area contributed by atoms with Crippen LogP contribution in [0.15, 0.2) is 24.3 Å². The number of ether oxygens (including phenoxy) is 1. The van der Waals surface area contributed by atoms with Crippen LogP contribution in [0.25, 0.3) is 0 Å². The normalized spacial score (nSPS) is 10.5. The molecule has 0 bridgehead atoms. The first-order valence-corrected chi connectivity index (χ1v) is 6.24. The number of nitrogens with zero attached hydrogens (tertiary/aromatic N) is 2. The summed E-state index contributed by atoms with van der Waals surface area (Å²) >= 11 is 0. The number of methoxy groups -OCH3 is 1. The molecule has 0 saturated heterocycles. The van der Waals surface area contributed by atoms with Crippen LogP contribution in [0, 0.1) is 12.7 Å². The first kappa shape index (κ1) is 13.4. The molecular formula is C14H18FN3O. The third-order valence-corrected chi connectivity index (χ3v) is 2.91. The maximum Gasteiger partial charge on any atom is 0.165 e. The highest BCUT2D eigenvalue weighted by atomic mass is 19.1. The number of aryl methyl sites for hydroxylation is 2. The molecular weight excluding hydrogens is 245 g/mol. The summed E-state index contributed by atoms with van der Waals surface area (Å²) in [6.07, 6.45) is 0. The van der Waals surface area contributed by atoms with Crippen molar-refractivity contribution in [3.05, 3.63) is 41.5 Å². The first-order valence-electron chi connectivity index (χ1n) is 6.24. The second-order valence-corrected chi connectivity index (χ2v) is 4.30. The second-order valence-electron chi connectivity index (χ2n) is 4.30. The van der Waals surface area contributed by atoms with E-state index in [9.17, 15) is 4.39 Å². The summed E-state index contributed by atoms with van der Waals surface area (Å²) in [6.45, 7) is 5.49. The van der Waals surface area contributed by atoms with Crippen molar-refractivity contribution in [2.24, 2.45) is 0 Å². The van der Waals surface area contributed by atoms with Gasteiger partial charge in [-0.2, -0.15) is 5.10 Å². The van der Waals surface area contributed by atoms with E-state index in [1.807, 2.05) is 17.7 Å². The summed E-state index contributed by atoms with van der Waals surface area (Å²) in [5, 5.41) is 7.62. The molecule has 0 radical (unpaired) electrons. The van der Waals surface area contributed by atoms with E-state index < -0.39 is 0 Å². The predicted octanol–water partition coefficient (Wildman–Crippen LogP) is 2.97. The molecule has 1 heterocycles. The Labute approximate surface area is 112 Å². The first-order chi connectivity index (χ1) is 9.13. The van der Waals surface area contributed by atoms with E-state index in [0.29, 0.717) is 6.54 Å². The van der Waals surface area contributed by atoms with Crippen molar-refractivity contribution >= 4 is 5.69 Å². The third kappa shape index (κ3) is 3.05. The SMILES string of the molecule is CCn1nc(C)cc1CNc1ccc(F)c(OC)c1. The molecule has 0 fully saturated rings. The molecule has 5 heteroatoms. The molecule has 2 rings (SSSR count). The number of halogens is 1. The largest absolute Gasteiger partial charge is 0.494 e. The Hall–Kier alpha value is -2.04. The lowest BCUT2D eigenvalue weighted by Crippen LogP contribution is -2.08. The average Bonchev–Trinajstić information content (AvgIpc) is 2.78. The molecule has 0 saturated carbocycles. The van der Waals surface area contributed by atoms with Gasteiger partial charge in [0.25, 0.3) is 0 Å². The number of anilines is 1. The Bertz CT molecular complexity index is 566. The van der Waals surface area contributed by atoms with Crippen LogP contribution < -0.4 is 10.1 Å². The van der Waals surface area contributed by atoms with Crippen molar-refractivity contribution in [2.45, 2.75) is 26.9 Å². The molecule has 1 aromatic carbocycles. The van der Waals surface area contributed by atoms with Gasteiger partial charge in [0.1, 0.15) is 0 Å². The van der Waals surface area contributed by atoms with Crippen LogP contribution in [0.1, 0.15) is 18.3 Å². The molecule has 0 unspecified atom stereocenters. The number of benzene rings is 1. The van der Waals surface area contributed by atoms with Crippen LogP contribution in [0.4, 0.5) is 10.1 Å². The van der Waals surface area contributed by atoms with Crippen molar-refractivity contribution in [1.82, 2.24) is 9.78 Å². The van der Waals surface area contributed by atoms with Crippen molar-refractivity contribution < 1.29 is 9.13 Å².